The minimum absolute atomic E-state index is 0.119. The highest BCUT2D eigenvalue weighted by molar-refractivity contribution is 5.92. The lowest BCUT2D eigenvalue weighted by atomic mass is 9.92. The Balaban J connectivity index is 1.57. The Kier molecular flexibility index (Phi) is 5.65. The number of aromatic nitrogens is 1. The SMILES string of the molecule is COc1ccc([C@H]2c3[nH]c4ccc(OC)cc4c3CCN2C(=O)Nc2ccc(C)c(C)c2)cc1. The molecular weight excluding hydrogens is 426 g/mol. The van der Waals surface area contributed by atoms with Gasteiger partial charge in [-0.15, -0.1) is 0 Å². The number of aromatic amines is 1. The molecule has 0 saturated heterocycles. The lowest BCUT2D eigenvalue weighted by Crippen LogP contribution is -2.43. The van der Waals surface area contributed by atoms with E-state index in [1.54, 1.807) is 14.2 Å². The molecule has 1 aromatic heterocycles. The topological polar surface area (TPSA) is 66.6 Å². The van der Waals surface area contributed by atoms with E-state index in [-0.39, 0.29) is 12.1 Å². The van der Waals surface area contributed by atoms with Crippen molar-refractivity contribution in [2.45, 2.75) is 26.3 Å². The van der Waals surface area contributed by atoms with E-state index in [2.05, 4.69) is 30.2 Å². The van der Waals surface area contributed by atoms with Gasteiger partial charge in [0.1, 0.15) is 11.5 Å². The summed E-state index contributed by atoms with van der Waals surface area (Å²) in [4.78, 5) is 19.1. The van der Waals surface area contributed by atoms with Gasteiger partial charge in [-0.25, -0.2) is 4.79 Å². The number of fused-ring (bicyclic) bond motifs is 3. The van der Waals surface area contributed by atoms with Crippen molar-refractivity contribution in [3.05, 3.63) is 88.6 Å². The van der Waals surface area contributed by atoms with E-state index in [9.17, 15) is 4.79 Å². The number of ether oxygens (including phenoxy) is 2. The summed E-state index contributed by atoms with van der Waals surface area (Å²) in [5.41, 5.74) is 7.48. The third-order valence-electron chi connectivity index (χ3n) is 6.78. The number of methoxy groups -OCH3 is 2. The minimum Gasteiger partial charge on any atom is -0.497 e. The first kappa shape index (κ1) is 21.9. The minimum atomic E-state index is -0.250. The largest absolute Gasteiger partial charge is 0.497 e. The van der Waals surface area contributed by atoms with E-state index in [1.807, 2.05) is 59.5 Å². The van der Waals surface area contributed by atoms with Crippen molar-refractivity contribution in [3.8, 4) is 11.5 Å². The second kappa shape index (κ2) is 8.78. The fourth-order valence-electron chi connectivity index (χ4n) is 4.76. The maximum absolute atomic E-state index is 13.6. The van der Waals surface area contributed by atoms with E-state index in [0.717, 1.165) is 51.3 Å². The Morgan fingerprint density at radius 1 is 0.941 bits per heavy atom. The monoisotopic (exact) mass is 455 g/mol. The highest BCUT2D eigenvalue weighted by Crippen LogP contribution is 2.40. The summed E-state index contributed by atoms with van der Waals surface area (Å²) in [6, 6.07) is 19.6. The molecule has 2 N–H and O–H groups in total. The van der Waals surface area contributed by atoms with Gasteiger partial charge >= 0.3 is 6.03 Å². The normalized spacial score (nSPS) is 15.2. The van der Waals surface area contributed by atoms with E-state index in [4.69, 9.17) is 9.47 Å². The number of urea groups is 1. The highest BCUT2D eigenvalue weighted by atomic mass is 16.5. The van der Waals surface area contributed by atoms with Gasteiger partial charge in [0, 0.05) is 28.8 Å². The quantitative estimate of drug-likeness (QED) is 0.398. The molecular formula is C28H29N3O3. The van der Waals surface area contributed by atoms with Gasteiger partial charge in [0.2, 0.25) is 0 Å². The Morgan fingerprint density at radius 3 is 2.38 bits per heavy atom. The van der Waals surface area contributed by atoms with Crippen molar-refractivity contribution in [1.82, 2.24) is 9.88 Å². The number of nitrogens with zero attached hydrogens (tertiary/aromatic N) is 1. The van der Waals surface area contributed by atoms with Crippen LogP contribution in [-0.2, 0) is 6.42 Å². The zero-order chi connectivity index (χ0) is 23.8. The molecule has 1 atom stereocenters. The van der Waals surface area contributed by atoms with Gasteiger partial charge in [-0.1, -0.05) is 18.2 Å². The lowest BCUT2D eigenvalue weighted by Gasteiger charge is -2.36. The van der Waals surface area contributed by atoms with E-state index < -0.39 is 0 Å². The zero-order valence-corrected chi connectivity index (χ0v) is 19.9. The summed E-state index contributed by atoms with van der Waals surface area (Å²) in [6.07, 6.45) is 0.759. The van der Waals surface area contributed by atoms with Crippen molar-refractivity contribution in [2.75, 3.05) is 26.1 Å². The van der Waals surface area contributed by atoms with Gasteiger partial charge in [0.05, 0.1) is 20.3 Å². The predicted octanol–water partition coefficient (Wildman–Crippen LogP) is 5.98. The average molecular weight is 456 g/mol. The van der Waals surface area contributed by atoms with Crippen LogP contribution in [0.15, 0.2) is 60.7 Å². The number of rotatable bonds is 4. The summed E-state index contributed by atoms with van der Waals surface area (Å²) in [5.74, 6) is 1.61. The predicted molar refractivity (Wildman–Crippen MR) is 135 cm³/mol. The van der Waals surface area contributed by atoms with E-state index >= 15 is 0 Å². The summed E-state index contributed by atoms with van der Waals surface area (Å²) in [5, 5.41) is 4.25. The Hall–Kier alpha value is -3.93. The third-order valence-corrected chi connectivity index (χ3v) is 6.78. The molecule has 34 heavy (non-hydrogen) atoms. The van der Waals surface area contributed by atoms with Gasteiger partial charge in [0.25, 0.3) is 0 Å². The van der Waals surface area contributed by atoms with Crippen LogP contribution in [0.25, 0.3) is 10.9 Å². The number of nitrogens with one attached hydrogen (secondary N) is 2. The lowest BCUT2D eigenvalue weighted by molar-refractivity contribution is 0.193. The molecule has 0 aliphatic carbocycles. The van der Waals surface area contributed by atoms with Crippen molar-refractivity contribution in [3.63, 3.8) is 0 Å². The molecule has 1 aliphatic heterocycles. The number of aryl methyl sites for hydroxylation is 2. The molecule has 4 aromatic rings. The summed E-state index contributed by atoms with van der Waals surface area (Å²) in [6.45, 7) is 4.72. The second-order valence-corrected chi connectivity index (χ2v) is 8.78. The van der Waals surface area contributed by atoms with Crippen molar-refractivity contribution in [1.29, 1.82) is 0 Å². The van der Waals surface area contributed by atoms with Crippen LogP contribution in [0.4, 0.5) is 10.5 Å². The molecule has 0 fully saturated rings. The maximum atomic E-state index is 13.6. The first-order valence-corrected chi connectivity index (χ1v) is 11.5. The Bertz CT molecular complexity index is 1360. The van der Waals surface area contributed by atoms with Gasteiger partial charge in [-0.2, -0.15) is 0 Å². The molecule has 5 rings (SSSR count). The van der Waals surface area contributed by atoms with Crippen LogP contribution in [0.2, 0.25) is 0 Å². The molecule has 0 bridgehead atoms. The number of carbonyl (C=O) groups excluding carboxylic acids is 1. The Labute approximate surface area is 199 Å². The number of hydrogen-bond donors (Lipinski definition) is 2. The van der Waals surface area contributed by atoms with Crippen LogP contribution < -0.4 is 14.8 Å². The van der Waals surface area contributed by atoms with Crippen molar-refractivity contribution in [2.24, 2.45) is 0 Å². The molecule has 2 amide bonds. The second-order valence-electron chi connectivity index (χ2n) is 8.78. The number of H-pyrrole nitrogens is 1. The van der Waals surface area contributed by atoms with Crippen molar-refractivity contribution >= 4 is 22.6 Å². The van der Waals surface area contributed by atoms with E-state index in [1.165, 1.54) is 11.1 Å². The fraction of sp³-hybridized carbons (Fsp3) is 0.250. The number of anilines is 1. The van der Waals surface area contributed by atoms with Crippen molar-refractivity contribution < 1.29 is 14.3 Å². The summed E-state index contributed by atoms with van der Waals surface area (Å²) >= 11 is 0. The molecule has 6 heteroatoms. The van der Waals surface area contributed by atoms with Crippen LogP contribution in [0.1, 0.15) is 34.0 Å². The highest BCUT2D eigenvalue weighted by Gasteiger charge is 2.34. The van der Waals surface area contributed by atoms with Crippen LogP contribution >= 0.6 is 0 Å². The molecule has 0 radical (unpaired) electrons. The molecule has 1 aliphatic rings. The first-order valence-electron chi connectivity index (χ1n) is 11.5. The van der Waals surface area contributed by atoms with Gasteiger partial charge in [-0.3, -0.25) is 0 Å². The third kappa shape index (κ3) is 3.85. The smallest absolute Gasteiger partial charge is 0.322 e. The molecule has 2 heterocycles. The standard InChI is InChI=1S/C28H29N3O3/c1-17-5-8-20(15-18(17)2)29-28(32)31-14-13-23-24-16-22(34-4)11-12-25(24)30-26(23)27(31)19-6-9-21(33-3)10-7-19/h5-12,15-16,27,30H,13-14H2,1-4H3,(H,29,32)/t27-/m0/s1. The maximum Gasteiger partial charge on any atom is 0.322 e. The number of hydrogen-bond acceptors (Lipinski definition) is 3. The number of amides is 2. The molecule has 6 nitrogen and oxygen atoms in total. The Morgan fingerprint density at radius 2 is 1.68 bits per heavy atom. The van der Waals surface area contributed by atoms with Crippen LogP contribution in [0.3, 0.4) is 0 Å². The van der Waals surface area contributed by atoms with Crippen LogP contribution in [0, 0.1) is 13.8 Å². The first-order chi connectivity index (χ1) is 16.5. The van der Waals surface area contributed by atoms with Gasteiger partial charge < -0.3 is 24.7 Å². The average Bonchev–Trinajstić information content (AvgIpc) is 3.23. The molecule has 3 aromatic carbocycles. The van der Waals surface area contributed by atoms with E-state index in [0.29, 0.717) is 6.54 Å². The van der Waals surface area contributed by atoms with Gasteiger partial charge in [0.15, 0.2) is 0 Å². The molecule has 174 valence electrons. The molecule has 0 saturated carbocycles. The van der Waals surface area contributed by atoms with Crippen LogP contribution in [0.5, 0.6) is 11.5 Å². The number of carbonyl (C=O) groups is 1. The molecule has 0 spiro atoms. The summed E-state index contributed by atoms with van der Waals surface area (Å²) in [7, 11) is 3.33. The fourth-order valence-corrected chi connectivity index (χ4v) is 4.76. The molecule has 0 unspecified atom stereocenters. The summed E-state index contributed by atoms with van der Waals surface area (Å²) < 4.78 is 10.8. The number of benzene rings is 3. The zero-order valence-electron chi connectivity index (χ0n) is 19.9. The van der Waals surface area contributed by atoms with Gasteiger partial charge in [-0.05, 0) is 85.0 Å². The van der Waals surface area contributed by atoms with Crippen LogP contribution in [-0.4, -0.2) is 36.7 Å².